The molecule has 0 aromatic carbocycles. The van der Waals surface area contributed by atoms with Crippen LogP contribution in [0.2, 0.25) is 0 Å². The fraction of sp³-hybridized carbons (Fsp3) is 0.714. The van der Waals surface area contributed by atoms with Crippen LogP contribution in [0.3, 0.4) is 0 Å². The van der Waals surface area contributed by atoms with Crippen LogP contribution in [0.1, 0.15) is 35.9 Å². The third kappa shape index (κ3) is 1.98. The van der Waals surface area contributed by atoms with Gasteiger partial charge in [0.1, 0.15) is 5.69 Å². The van der Waals surface area contributed by atoms with E-state index in [2.05, 4.69) is 16.9 Å². The van der Waals surface area contributed by atoms with Gasteiger partial charge in [0.25, 0.3) is 5.91 Å². The number of rotatable bonds is 1. The molecule has 3 rings (SSSR count). The Kier molecular flexibility index (Phi) is 3.20. The molecule has 6 nitrogen and oxygen atoms in total. The highest BCUT2D eigenvalue weighted by atomic mass is 16.2. The molecule has 3 heterocycles. The summed E-state index contributed by atoms with van der Waals surface area (Å²) in [5, 5.41) is 4.25. The molecule has 1 aromatic heterocycles. The lowest BCUT2D eigenvalue weighted by Gasteiger charge is -2.42. The number of carbonyl (C=O) groups excluding carboxylic acids is 1. The summed E-state index contributed by atoms with van der Waals surface area (Å²) in [7, 11) is 1.78. The second-order valence-electron chi connectivity index (χ2n) is 6.07. The van der Waals surface area contributed by atoms with E-state index in [-0.39, 0.29) is 11.9 Å². The minimum atomic E-state index is 0.0182. The molecule has 1 aromatic rings. The third-order valence-electron chi connectivity index (χ3n) is 4.67. The van der Waals surface area contributed by atoms with E-state index in [1.807, 2.05) is 11.8 Å². The fourth-order valence-electron chi connectivity index (χ4n) is 3.53. The van der Waals surface area contributed by atoms with Crippen LogP contribution in [0.25, 0.3) is 0 Å². The standard InChI is InChI=1S/C14H23N5O/c1-9-7-18-6-4-5-11(18)8-19(9)14(20)13-12(15)10(2)16-17(13)3/h9,11H,4-8,15H2,1-3H3. The Morgan fingerprint density at radius 3 is 2.80 bits per heavy atom. The van der Waals surface area contributed by atoms with Gasteiger partial charge < -0.3 is 10.6 Å². The number of aryl methyl sites for hydroxylation is 2. The van der Waals surface area contributed by atoms with Crippen LogP contribution in [0.4, 0.5) is 5.69 Å². The van der Waals surface area contributed by atoms with Crippen LogP contribution < -0.4 is 5.73 Å². The number of aromatic nitrogens is 2. The Morgan fingerprint density at radius 1 is 1.40 bits per heavy atom. The Balaban J connectivity index is 1.86. The maximum Gasteiger partial charge on any atom is 0.274 e. The zero-order chi connectivity index (χ0) is 14.4. The first-order valence-corrected chi connectivity index (χ1v) is 7.33. The number of nitrogens with two attached hydrogens (primary N) is 1. The van der Waals surface area contributed by atoms with E-state index in [1.54, 1.807) is 11.7 Å². The average Bonchev–Trinajstić information content (AvgIpc) is 2.93. The number of nitrogens with zero attached hydrogens (tertiary/aromatic N) is 4. The molecule has 1 amide bonds. The van der Waals surface area contributed by atoms with Crippen molar-refractivity contribution in [3.63, 3.8) is 0 Å². The summed E-state index contributed by atoms with van der Waals surface area (Å²) in [5.74, 6) is 0.0182. The smallest absolute Gasteiger partial charge is 0.274 e. The molecule has 2 fully saturated rings. The van der Waals surface area contributed by atoms with Crippen molar-refractivity contribution >= 4 is 11.6 Å². The van der Waals surface area contributed by atoms with Crippen LogP contribution >= 0.6 is 0 Å². The summed E-state index contributed by atoms with van der Waals surface area (Å²) in [6, 6.07) is 0.747. The molecule has 2 aliphatic rings. The summed E-state index contributed by atoms with van der Waals surface area (Å²) in [6.45, 7) is 6.90. The first kappa shape index (κ1) is 13.4. The van der Waals surface area contributed by atoms with Crippen molar-refractivity contribution in [2.24, 2.45) is 7.05 Å². The molecular weight excluding hydrogens is 254 g/mol. The highest BCUT2D eigenvalue weighted by Crippen LogP contribution is 2.27. The lowest BCUT2D eigenvalue weighted by atomic mass is 10.1. The molecule has 2 N–H and O–H groups in total. The Labute approximate surface area is 119 Å². The van der Waals surface area contributed by atoms with Gasteiger partial charge in [0.2, 0.25) is 0 Å². The van der Waals surface area contributed by atoms with Gasteiger partial charge in [-0.1, -0.05) is 0 Å². The summed E-state index contributed by atoms with van der Waals surface area (Å²) in [5.41, 5.74) is 7.79. The van der Waals surface area contributed by atoms with E-state index in [9.17, 15) is 4.79 Å². The van der Waals surface area contributed by atoms with Crippen LogP contribution in [0.5, 0.6) is 0 Å². The normalized spacial score (nSPS) is 26.9. The minimum Gasteiger partial charge on any atom is -0.395 e. The minimum absolute atomic E-state index is 0.0182. The number of fused-ring (bicyclic) bond motifs is 1. The first-order valence-electron chi connectivity index (χ1n) is 7.33. The Morgan fingerprint density at radius 2 is 2.15 bits per heavy atom. The van der Waals surface area contributed by atoms with Gasteiger partial charge in [-0.3, -0.25) is 14.4 Å². The highest BCUT2D eigenvalue weighted by Gasteiger charge is 2.38. The second kappa shape index (κ2) is 4.77. The van der Waals surface area contributed by atoms with Gasteiger partial charge in [-0.2, -0.15) is 5.10 Å². The molecule has 0 bridgehead atoms. The fourth-order valence-corrected chi connectivity index (χ4v) is 3.53. The molecule has 0 aliphatic carbocycles. The van der Waals surface area contributed by atoms with Crippen molar-refractivity contribution < 1.29 is 4.79 Å². The van der Waals surface area contributed by atoms with Gasteiger partial charge in [0.15, 0.2) is 0 Å². The molecule has 2 atom stereocenters. The second-order valence-corrected chi connectivity index (χ2v) is 6.07. The number of amides is 1. The van der Waals surface area contributed by atoms with E-state index in [0.717, 1.165) is 18.8 Å². The first-order chi connectivity index (χ1) is 9.49. The van der Waals surface area contributed by atoms with E-state index in [4.69, 9.17) is 5.73 Å². The van der Waals surface area contributed by atoms with Crippen molar-refractivity contribution in [3.8, 4) is 0 Å². The molecule has 110 valence electrons. The summed E-state index contributed by atoms with van der Waals surface area (Å²) in [6.07, 6.45) is 2.43. The SMILES string of the molecule is Cc1nn(C)c(C(=O)N2CC3CCCN3CC2C)c1N. The van der Waals surface area contributed by atoms with Crippen LogP contribution in [0, 0.1) is 6.92 Å². The molecule has 6 heteroatoms. The Bertz CT molecular complexity index is 538. The number of carbonyl (C=O) groups is 1. The Hall–Kier alpha value is -1.56. The van der Waals surface area contributed by atoms with E-state index in [1.165, 1.54) is 19.4 Å². The molecular formula is C14H23N5O. The van der Waals surface area contributed by atoms with Gasteiger partial charge in [0, 0.05) is 32.2 Å². The molecule has 0 spiro atoms. The van der Waals surface area contributed by atoms with Crippen LogP contribution in [-0.2, 0) is 7.05 Å². The van der Waals surface area contributed by atoms with E-state index >= 15 is 0 Å². The lowest BCUT2D eigenvalue weighted by Crippen LogP contribution is -2.57. The topological polar surface area (TPSA) is 67.4 Å². The number of piperazine rings is 1. The highest BCUT2D eigenvalue weighted by molar-refractivity contribution is 5.98. The predicted molar refractivity (Wildman–Crippen MR) is 77.5 cm³/mol. The molecule has 20 heavy (non-hydrogen) atoms. The van der Waals surface area contributed by atoms with Crippen molar-refractivity contribution in [1.82, 2.24) is 19.6 Å². The summed E-state index contributed by atoms with van der Waals surface area (Å²) < 4.78 is 1.61. The quantitative estimate of drug-likeness (QED) is 0.817. The van der Waals surface area contributed by atoms with Gasteiger partial charge in [-0.25, -0.2) is 0 Å². The molecule has 2 aliphatic heterocycles. The van der Waals surface area contributed by atoms with Gasteiger partial charge in [0.05, 0.1) is 11.4 Å². The monoisotopic (exact) mass is 277 g/mol. The van der Waals surface area contributed by atoms with E-state index in [0.29, 0.717) is 17.4 Å². The lowest BCUT2D eigenvalue weighted by molar-refractivity contribution is 0.0387. The number of nitrogen functional groups attached to an aromatic ring is 1. The van der Waals surface area contributed by atoms with Crippen molar-refractivity contribution in [3.05, 3.63) is 11.4 Å². The third-order valence-corrected chi connectivity index (χ3v) is 4.67. The van der Waals surface area contributed by atoms with Gasteiger partial charge in [-0.05, 0) is 33.2 Å². The summed E-state index contributed by atoms with van der Waals surface area (Å²) >= 11 is 0. The maximum absolute atomic E-state index is 12.8. The average molecular weight is 277 g/mol. The molecule has 0 radical (unpaired) electrons. The van der Waals surface area contributed by atoms with Crippen molar-refractivity contribution in [2.45, 2.75) is 38.8 Å². The number of hydrogen-bond donors (Lipinski definition) is 1. The van der Waals surface area contributed by atoms with Crippen LogP contribution in [-0.4, -0.2) is 57.2 Å². The number of anilines is 1. The van der Waals surface area contributed by atoms with Gasteiger partial charge >= 0.3 is 0 Å². The van der Waals surface area contributed by atoms with Crippen molar-refractivity contribution in [1.29, 1.82) is 0 Å². The maximum atomic E-state index is 12.8. The van der Waals surface area contributed by atoms with E-state index < -0.39 is 0 Å². The zero-order valence-corrected chi connectivity index (χ0v) is 12.5. The van der Waals surface area contributed by atoms with Crippen LogP contribution in [0.15, 0.2) is 0 Å². The predicted octanol–water partition coefficient (Wildman–Crippen LogP) is 0.619. The zero-order valence-electron chi connectivity index (χ0n) is 12.5. The molecule has 2 saturated heterocycles. The molecule has 0 saturated carbocycles. The summed E-state index contributed by atoms with van der Waals surface area (Å²) in [4.78, 5) is 17.3. The largest absolute Gasteiger partial charge is 0.395 e. The van der Waals surface area contributed by atoms with Gasteiger partial charge in [-0.15, -0.1) is 0 Å². The van der Waals surface area contributed by atoms with Crippen molar-refractivity contribution in [2.75, 3.05) is 25.4 Å². The molecule has 2 unspecified atom stereocenters. The number of hydrogen-bond acceptors (Lipinski definition) is 4.